The average molecular weight is 266 g/mol. The second kappa shape index (κ2) is 9.17. The summed E-state index contributed by atoms with van der Waals surface area (Å²) in [5.41, 5.74) is 1.50. The summed E-state index contributed by atoms with van der Waals surface area (Å²) in [6.45, 7) is 9.23. The van der Waals surface area contributed by atoms with Crippen LogP contribution in [-0.2, 0) is 19.1 Å². The molecule has 0 unspecified atom stereocenters. The van der Waals surface area contributed by atoms with E-state index in [4.69, 9.17) is 9.47 Å². The van der Waals surface area contributed by atoms with E-state index in [1.807, 2.05) is 0 Å². The highest BCUT2D eigenvalue weighted by Crippen LogP contribution is 2.31. The second-order valence-electron chi connectivity index (χ2n) is 3.88. The molecular formula is C15H22O4. The van der Waals surface area contributed by atoms with Gasteiger partial charge in [-0.2, -0.15) is 0 Å². The van der Waals surface area contributed by atoms with Crippen molar-refractivity contribution in [2.24, 2.45) is 5.41 Å². The van der Waals surface area contributed by atoms with E-state index in [0.717, 1.165) is 0 Å². The molecule has 0 aliphatic heterocycles. The number of hydrogen-bond acceptors (Lipinski definition) is 4. The maximum absolute atomic E-state index is 12.1. The fourth-order valence-electron chi connectivity index (χ4n) is 1.64. The molecule has 0 N–H and O–H groups in total. The van der Waals surface area contributed by atoms with Crippen LogP contribution >= 0.6 is 0 Å². The Morgan fingerprint density at radius 3 is 2.05 bits per heavy atom. The van der Waals surface area contributed by atoms with Gasteiger partial charge >= 0.3 is 11.9 Å². The Balaban J connectivity index is 5.43. The molecule has 4 heteroatoms. The molecule has 0 saturated heterocycles. The Bertz CT molecular complexity index is 358. The quantitative estimate of drug-likeness (QED) is 0.293. The van der Waals surface area contributed by atoms with E-state index in [2.05, 4.69) is 12.3 Å². The molecule has 0 bridgehead atoms. The molecule has 106 valence electrons. The summed E-state index contributed by atoms with van der Waals surface area (Å²) in [7, 11) is 0. The van der Waals surface area contributed by atoms with Crippen LogP contribution in [0.3, 0.4) is 0 Å². The van der Waals surface area contributed by atoms with Gasteiger partial charge in [0, 0.05) is 0 Å². The molecule has 0 saturated carbocycles. The molecule has 0 radical (unpaired) electrons. The third kappa shape index (κ3) is 4.76. The van der Waals surface area contributed by atoms with Gasteiger partial charge in [-0.3, -0.25) is 9.59 Å². The maximum atomic E-state index is 12.1. The van der Waals surface area contributed by atoms with E-state index < -0.39 is 17.4 Å². The van der Waals surface area contributed by atoms with E-state index in [-0.39, 0.29) is 26.1 Å². The van der Waals surface area contributed by atoms with Crippen molar-refractivity contribution < 1.29 is 19.1 Å². The van der Waals surface area contributed by atoms with Crippen LogP contribution in [0.2, 0.25) is 0 Å². The van der Waals surface area contributed by atoms with Gasteiger partial charge in [-0.1, -0.05) is 6.08 Å². The Morgan fingerprint density at radius 2 is 1.68 bits per heavy atom. The molecule has 0 spiro atoms. The Labute approximate surface area is 114 Å². The monoisotopic (exact) mass is 266 g/mol. The SMILES string of the molecule is C=CCC(CC=C=CC)(C(=O)OCC)C(=O)OCC. The van der Waals surface area contributed by atoms with Crippen LogP contribution in [0.1, 0.15) is 33.6 Å². The minimum atomic E-state index is -1.36. The van der Waals surface area contributed by atoms with Crippen molar-refractivity contribution >= 4 is 11.9 Å². The van der Waals surface area contributed by atoms with Gasteiger partial charge in [-0.15, -0.1) is 12.3 Å². The van der Waals surface area contributed by atoms with Crippen molar-refractivity contribution in [1.29, 1.82) is 0 Å². The predicted molar refractivity (Wildman–Crippen MR) is 73.5 cm³/mol. The number of esters is 2. The van der Waals surface area contributed by atoms with Gasteiger partial charge in [0.25, 0.3) is 0 Å². The maximum Gasteiger partial charge on any atom is 0.324 e. The summed E-state index contributed by atoms with van der Waals surface area (Å²) in [4.78, 5) is 24.3. The fourth-order valence-corrected chi connectivity index (χ4v) is 1.64. The molecule has 19 heavy (non-hydrogen) atoms. The minimum Gasteiger partial charge on any atom is -0.465 e. The molecule has 0 amide bonds. The number of carbonyl (C=O) groups excluding carboxylic acids is 2. The number of rotatable bonds is 8. The zero-order valence-corrected chi connectivity index (χ0v) is 11.9. The molecule has 0 rings (SSSR count). The first-order valence-electron chi connectivity index (χ1n) is 6.39. The van der Waals surface area contributed by atoms with E-state index in [0.29, 0.717) is 0 Å². The molecule has 0 aliphatic carbocycles. The summed E-state index contributed by atoms with van der Waals surface area (Å²) >= 11 is 0. The molecule has 4 nitrogen and oxygen atoms in total. The van der Waals surface area contributed by atoms with Crippen LogP contribution in [-0.4, -0.2) is 25.2 Å². The zero-order valence-electron chi connectivity index (χ0n) is 11.9. The zero-order chi connectivity index (χ0) is 14.7. The first-order chi connectivity index (χ1) is 9.08. The fraction of sp³-hybridized carbons (Fsp3) is 0.533. The lowest BCUT2D eigenvalue weighted by Gasteiger charge is -2.26. The van der Waals surface area contributed by atoms with E-state index >= 15 is 0 Å². The van der Waals surface area contributed by atoms with E-state index in [9.17, 15) is 9.59 Å². The molecule has 0 heterocycles. The van der Waals surface area contributed by atoms with Crippen molar-refractivity contribution in [1.82, 2.24) is 0 Å². The van der Waals surface area contributed by atoms with Crippen LogP contribution < -0.4 is 0 Å². The molecule has 0 aliphatic rings. The van der Waals surface area contributed by atoms with Crippen LogP contribution in [0.25, 0.3) is 0 Å². The highest BCUT2D eigenvalue weighted by Gasteiger charge is 2.47. The van der Waals surface area contributed by atoms with E-state index in [1.54, 1.807) is 32.9 Å². The van der Waals surface area contributed by atoms with Crippen LogP contribution in [0.5, 0.6) is 0 Å². The standard InChI is InChI=1S/C15H22O4/c1-5-9-10-12-15(11-6-2,13(16)18-7-3)14(17)19-8-4/h5-6,10H,2,7-8,11-12H2,1,3-4H3. The van der Waals surface area contributed by atoms with Gasteiger partial charge in [-0.05, 0) is 45.8 Å². The lowest BCUT2D eigenvalue weighted by Crippen LogP contribution is -2.41. The molecule has 0 aromatic heterocycles. The summed E-state index contributed by atoms with van der Waals surface area (Å²) < 4.78 is 10.0. The Kier molecular flexibility index (Phi) is 8.30. The first kappa shape index (κ1) is 17.2. The molecule has 0 fully saturated rings. The van der Waals surface area contributed by atoms with Gasteiger partial charge in [-0.25, -0.2) is 0 Å². The van der Waals surface area contributed by atoms with E-state index in [1.165, 1.54) is 6.08 Å². The number of allylic oxidation sites excluding steroid dienone is 2. The van der Waals surface area contributed by atoms with Crippen molar-refractivity contribution in [3.05, 3.63) is 30.5 Å². The molecule has 0 aromatic carbocycles. The summed E-state index contributed by atoms with van der Waals surface area (Å²) in [5.74, 6) is -1.16. The normalized spacial score (nSPS) is 10.1. The molecule has 0 atom stereocenters. The Hall–Kier alpha value is -1.80. The number of ether oxygens (including phenoxy) is 2. The smallest absolute Gasteiger partial charge is 0.324 e. The van der Waals surface area contributed by atoms with Crippen molar-refractivity contribution in [2.45, 2.75) is 33.6 Å². The third-order valence-corrected chi connectivity index (χ3v) is 2.56. The van der Waals surface area contributed by atoms with Crippen molar-refractivity contribution in [3.63, 3.8) is 0 Å². The number of carbonyl (C=O) groups is 2. The Morgan fingerprint density at radius 1 is 1.16 bits per heavy atom. The van der Waals surface area contributed by atoms with Gasteiger partial charge in [0.15, 0.2) is 5.41 Å². The molecule has 0 aromatic rings. The first-order valence-corrected chi connectivity index (χ1v) is 6.39. The summed E-state index contributed by atoms with van der Waals surface area (Å²) in [6, 6.07) is 0. The predicted octanol–water partition coefficient (Wildman–Crippen LogP) is 2.80. The minimum absolute atomic E-state index is 0.173. The summed E-state index contributed by atoms with van der Waals surface area (Å²) in [5, 5.41) is 0. The van der Waals surface area contributed by atoms with Crippen LogP contribution in [0, 0.1) is 5.41 Å². The van der Waals surface area contributed by atoms with Gasteiger partial charge < -0.3 is 9.47 Å². The average Bonchev–Trinajstić information content (AvgIpc) is 2.38. The topological polar surface area (TPSA) is 52.6 Å². The largest absolute Gasteiger partial charge is 0.465 e. The van der Waals surface area contributed by atoms with Gasteiger partial charge in [0.05, 0.1) is 13.2 Å². The summed E-state index contributed by atoms with van der Waals surface area (Å²) in [6.07, 6.45) is 5.22. The highest BCUT2D eigenvalue weighted by atomic mass is 16.6. The van der Waals surface area contributed by atoms with Gasteiger partial charge in [0.1, 0.15) is 0 Å². The van der Waals surface area contributed by atoms with Crippen LogP contribution in [0.15, 0.2) is 30.5 Å². The highest BCUT2D eigenvalue weighted by molar-refractivity contribution is 6.00. The van der Waals surface area contributed by atoms with Crippen LogP contribution in [0.4, 0.5) is 0 Å². The van der Waals surface area contributed by atoms with Crippen molar-refractivity contribution in [2.75, 3.05) is 13.2 Å². The van der Waals surface area contributed by atoms with Crippen molar-refractivity contribution in [3.8, 4) is 0 Å². The second-order valence-corrected chi connectivity index (χ2v) is 3.88. The van der Waals surface area contributed by atoms with Gasteiger partial charge in [0.2, 0.25) is 0 Å². The third-order valence-electron chi connectivity index (χ3n) is 2.56. The number of hydrogen-bond donors (Lipinski definition) is 0. The lowest BCUT2D eigenvalue weighted by molar-refractivity contribution is -0.171. The molecular weight excluding hydrogens is 244 g/mol. The lowest BCUT2D eigenvalue weighted by atomic mass is 9.81.